The minimum absolute atomic E-state index is 0.0553. The lowest BCUT2D eigenvalue weighted by molar-refractivity contribution is -0.121. The van der Waals surface area contributed by atoms with Crippen LogP contribution in [0.25, 0.3) is 0 Å². The average Bonchev–Trinajstić information content (AvgIpc) is 2.46. The number of amides is 1. The highest BCUT2D eigenvalue weighted by Crippen LogP contribution is 2.15. The van der Waals surface area contributed by atoms with Crippen molar-refractivity contribution in [3.05, 3.63) is 0 Å². The maximum Gasteiger partial charge on any atom is 0.233 e. The summed E-state index contributed by atoms with van der Waals surface area (Å²) in [6, 6.07) is 0.746. The van der Waals surface area contributed by atoms with Crippen LogP contribution < -0.4 is 11.3 Å². The van der Waals surface area contributed by atoms with E-state index < -0.39 is 0 Å². The van der Waals surface area contributed by atoms with Gasteiger partial charge < -0.3 is 9.80 Å². The van der Waals surface area contributed by atoms with Gasteiger partial charge in [-0.15, -0.1) is 0 Å². The number of hydrogen-bond acceptors (Lipinski definition) is 4. The summed E-state index contributed by atoms with van der Waals surface area (Å²) in [6.45, 7) is 7.03. The highest BCUT2D eigenvalue weighted by atomic mass is 16.2. The predicted octanol–water partition coefficient (Wildman–Crippen LogP) is 0.953. The number of unbranched alkanes of at least 4 members (excludes halogenated alkanes) is 2. The number of carbonyl (C=O) groups is 1. The Bertz CT molecular complexity index is 252. The SMILES string of the molecule is CCN1CCC(N(C)CCCCCC(=O)NN)CC1. The van der Waals surface area contributed by atoms with Gasteiger partial charge in [-0.2, -0.15) is 0 Å². The number of nitrogens with two attached hydrogens (primary N) is 1. The van der Waals surface area contributed by atoms with Crippen molar-refractivity contribution < 1.29 is 4.79 Å². The van der Waals surface area contributed by atoms with Gasteiger partial charge in [0.15, 0.2) is 0 Å². The van der Waals surface area contributed by atoms with Crippen LogP contribution in [-0.2, 0) is 4.79 Å². The van der Waals surface area contributed by atoms with Gasteiger partial charge in [0.2, 0.25) is 5.91 Å². The number of carbonyl (C=O) groups excluding carboxylic acids is 1. The maximum absolute atomic E-state index is 11.0. The smallest absolute Gasteiger partial charge is 0.233 e. The zero-order valence-electron chi connectivity index (χ0n) is 12.5. The molecule has 1 heterocycles. The van der Waals surface area contributed by atoms with Gasteiger partial charge >= 0.3 is 0 Å². The van der Waals surface area contributed by atoms with E-state index in [9.17, 15) is 4.79 Å². The van der Waals surface area contributed by atoms with Gasteiger partial charge in [-0.1, -0.05) is 13.3 Å². The first-order chi connectivity index (χ1) is 9.17. The molecule has 0 radical (unpaired) electrons. The summed E-state index contributed by atoms with van der Waals surface area (Å²) in [5.41, 5.74) is 2.17. The topological polar surface area (TPSA) is 61.6 Å². The second kappa shape index (κ2) is 9.28. The van der Waals surface area contributed by atoms with E-state index in [4.69, 9.17) is 5.84 Å². The lowest BCUT2D eigenvalue weighted by atomic mass is 10.0. The number of rotatable bonds is 8. The third-order valence-corrected chi connectivity index (χ3v) is 4.20. The molecular weight excluding hydrogens is 240 g/mol. The highest BCUT2D eigenvalue weighted by Gasteiger charge is 2.20. The number of piperidine rings is 1. The first-order valence-corrected chi connectivity index (χ1v) is 7.59. The molecule has 5 heteroatoms. The lowest BCUT2D eigenvalue weighted by Crippen LogP contribution is -2.43. The van der Waals surface area contributed by atoms with Crippen LogP contribution in [0.4, 0.5) is 0 Å². The quantitative estimate of drug-likeness (QED) is 0.298. The summed E-state index contributed by atoms with van der Waals surface area (Å²) in [5, 5.41) is 0. The Morgan fingerprint density at radius 2 is 2.00 bits per heavy atom. The van der Waals surface area contributed by atoms with E-state index in [0.29, 0.717) is 6.42 Å². The zero-order chi connectivity index (χ0) is 14.1. The van der Waals surface area contributed by atoms with E-state index in [2.05, 4.69) is 29.2 Å². The molecular formula is C14H30N4O. The molecule has 1 rings (SSSR count). The second-order valence-electron chi connectivity index (χ2n) is 5.52. The Morgan fingerprint density at radius 3 is 2.58 bits per heavy atom. The van der Waals surface area contributed by atoms with Crippen molar-refractivity contribution in [2.45, 2.75) is 51.5 Å². The first-order valence-electron chi connectivity index (χ1n) is 7.59. The molecule has 0 spiro atoms. The molecule has 0 aromatic rings. The van der Waals surface area contributed by atoms with Gasteiger partial charge in [0.05, 0.1) is 0 Å². The Hall–Kier alpha value is -0.650. The third-order valence-electron chi connectivity index (χ3n) is 4.20. The van der Waals surface area contributed by atoms with Crippen LogP contribution in [0.2, 0.25) is 0 Å². The van der Waals surface area contributed by atoms with E-state index in [1.54, 1.807) is 0 Å². The van der Waals surface area contributed by atoms with Crippen molar-refractivity contribution in [2.24, 2.45) is 5.84 Å². The summed E-state index contributed by atoms with van der Waals surface area (Å²) in [5.74, 6) is 4.99. The highest BCUT2D eigenvalue weighted by molar-refractivity contribution is 5.74. The van der Waals surface area contributed by atoms with Gasteiger partial charge in [0.1, 0.15) is 0 Å². The van der Waals surface area contributed by atoms with Crippen LogP contribution in [0, 0.1) is 0 Å². The first kappa shape index (κ1) is 16.4. The Balaban J connectivity index is 2.05. The third kappa shape index (κ3) is 6.36. The standard InChI is InChI=1S/C14H30N4O/c1-3-18-11-8-13(9-12-18)17(2)10-6-4-5-7-14(19)16-15/h13H,3-12,15H2,1-2H3,(H,16,19). The number of nitrogens with zero attached hydrogens (tertiary/aromatic N) is 2. The molecule has 5 nitrogen and oxygen atoms in total. The summed E-state index contributed by atoms with van der Waals surface area (Å²) >= 11 is 0. The fraction of sp³-hybridized carbons (Fsp3) is 0.929. The van der Waals surface area contributed by atoms with Gasteiger partial charge in [-0.25, -0.2) is 5.84 Å². The summed E-state index contributed by atoms with van der Waals surface area (Å²) in [7, 11) is 2.23. The monoisotopic (exact) mass is 270 g/mol. The zero-order valence-corrected chi connectivity index (χ0v) is 12.5. The second-order valence-corrected chi connectivity index (χ2v) is 5.52. The maximum atomic E-state index is 11.0. The summed E-state index contributed by atoms with van der Waals surface area (Å²) in [4.78, 5) is 16.0. The fourth-order valence-corrected chi connectivity index (χ4v) is 2.75. The molecule has 1 aliphatic rings. The molecule has 0 bridgehead atoms. The lowest BCUT2D eigenvalue weighted by Gasteiger charge is -2.36. The van der Waals surface area contributed by atoms with Crippen molar-refractivity contribution in [1.29, 1.82) is 0 Å². The molecule has 1 saturated heterocycles. The van der Waals surface area contributed by atoms with Crippen LogP contribution in [0.1, 0.15) is 45.4 Å². The van der Waals surface area contributed by atoms with Crippen LogP contribution in [0.3, 0.4) is 0 Å². The molecule has 0 atom stereocenters. The van der Waals surface area contributed by atoms with Crippen molar-refractivity contribution in [3.63, 3.8) is 0 Å². The van der Waals surface area contributed by atoms with E-state index in [0.717, 1.165) is 25.4 Å². The minimum atomic E-state index is -0.0553. The Morgan fingerprint density at radius 1 is 1.32 bits per heavy atom. The van der Waals surface area contributed by atoms with Crippen LogP contribution in [0.5, 0.6) is 0 Å². The molecule has 0 aromatic heterocycles. The van der Waals surface area contributed by atoms with Crippen molar-refractivity contribution >= 4 is 5.91 Å². The van der Waals surface area contributed by atoms with Crippen LogP contribution >= 0.6 is 0 Å². The fourth-order valence-electron chi connectivity index (χ4n) is 2.75. The summed E-state index contributed by atoms with van der Waals surface area (Å²) < 4.78 is 0. The van der Waals surface area contributed by atoms with Crippen LogP contribution in [-0.4, -0.2) is 55.0 Å². The molecule has 1 aliphatic heterocycles. The van der Waals surface area contributed by atoms with Crippen molar-refractivity contribution in [1.82, 2.24) is 15.2 Å². The van der Waals surface area contributed by atoms with E-state index in [1.807, 2.05) is 0 Å². The molecule has 3 N–H and O–H groups in total. The number of hydrazine groups is 1. The van der Waals surface area contributed by atoms with Crippen molar-refractivity contribution in [3.8, 4) is 0 Å². The number of likely N-dealkylation sites (tertiary alicyclic amines) is 1. The minimum Gasteiger partial charge on any atom is -0.303 e. The number of hydrogen-bond donors (Lipinski definition) is 2. The summed E-state index contributed by atoms with van der Waals surface area (Å²) in [6.07, 6.45) is 6.34. The predicted molar refractivity (Wildman–Crippen MR) is 78.6 cm³/mol. The van der Waals surface area contributed by atoms with Crippen molar-refractivity contribution in [2.75, 3.05) is 33.2 Å². The molecule has 1 fully saturated rings. The normalized spacial score (nSPS) is 17.9. The van der Waals surface area contributed by atoms with Gasteiger partial charge in [-0.05, 0) is 58.9 Å². The van der Waals surface area contributed by atoms with E-state index >= 15 is 0 Å². The van der Waals surface area contributed by atoms with E-state index in [-0.39, 0.29) is 5.91 Å². The molecule has 0 aromatic carbocycles. The molecule has 0 saturated carbocycles. The molecule has 1 amide bonds. The van der Waals surface area contributed by atoms with E-state index in [1.165, 1.54) is 38.9 Å². The van der Waals surface area contributed by atoms with Crippen LogP contribution in [0.15, 0.2) is 0 Å². The Labute approximate surface area is 117 Å². The molecule has 0 aliphatic carbocycles. The van der Waals surface area contributed by atoms with Gasteiger partial charge in [0, 0.05) is 12.5 Å². The Kier molecular flexibility index (Phi) is 8.02. The van der Waals surface area contributed by atoms with Gasteiger partial charge in [0.25, 0.3) is 0 Å². The largest absolute Gasteiger partial charge is 0.303 e. The molecule has 19 heavy (non-hydrogen) atoms. The molecule has 112 valence electrons. The van der Waals surface area contributed by atoms with Gasteiger partial charge in [-0.3, -0.25) is 10.2 Å². The molecule has 0 unspecified atom stereocenters. The number of nitrogens with one attached hydrogen (secondary N) is 1. The average molecular weight is 270 g/mol.